The molecule has 0 aromatic heterocycles. The third-order valence-corrected chi connectivity index (χ3v) is 4.66. The van der Waals surface area contributed by atoms with Crippen LogP contribution < -0.4 is 4.74 Å². The zero-order chi connectivity index (χ0) is 14.2. The van der Waals surface area contributed by atoms with Crippen LogP contribution in [0, 0.1) is 0 Å². The molecule has 108 valence electrons. The fourth-order valence-corrected chi connectivity index (χ4v) is 3.52. The Balaban J connectivity index is 1.79. The summed E-state index contributed by atoms with van der Waals surface area (Å²) in [5.74, 6) is 0.437. The second kappa shape index (κ2) is 5.55. The lowest BCUT2D eigenvalue weighted by molar-refractivity contribution is -0.153. The minimum atomic E-state index is 0.00314. The highest BCUT2D eigenvalue weighted by atomic mass is 35.5. The molecule has 0 bridgehead atoms. The summed E-state index contributed by atoms with van der Waals surface area (Å²) in [6, 6.07) is 3.18. The van der Waals surface area contributed by atoms with Crippen LogP contribution in [-0.2, 0) is 4.74 Å². The Morgan fingerprint density at radius 2 is 2.15 bits per heavy atom. The van der Waals surface area contributed by atoms with Crippen LogP contribution in [0.4, 0.5) is 0 Å². The standard InChI is InChI=1S/C15H16Cl2O3/c16-11-6-10(9-18)14(13(17)7-11)20-12-2-5-19-15(8-12)3-1-4-15/h6-7,9,12H,1-5,8H2. The predicted molar refractivity (Wildman–Crippen MR) is 78.0 cm³/mol. The van der Waals surface area contributed by atoms with Gasteiger partial charge in [-0.2, -0.15) is 0 Å². The van der Waals surface area contributed by atoms with Crippen molar-refractivity contribution in [3.63, 3.8) is 0 Å². The molecule has 1 saturated carbocycles. The average molecular weight is 315 g/mol. The number of hydrogen-bond acceptors (Lipinski definition) is 3. The maximum atomic E-state index is 11.1. The van der Waals surface area contributed by atoms with Crippen LogP contribution in [0.25, 0.3) is 0 Å². The maximum Gasteiger partial charge on any atom is 0.153 e. The molecule has 1 heterocycles. The van der Waals surface area contributed by atoms with E-state index in [2.05, 4.69) is 0 Å². The fourth-order valence-electron chi connectivity index (χ4n) is 2.96. The highest BCUT2D eigenvalue weighted by Crippen LogP contribution is 2.44. The molecule has 2 fully saturated rings. The number of halogens is 2. The van der Waals surface area contributed by atoms with E-state index in [-0.39, 0.29) is 11.7 Å². The number of ether oxygens (including phenoxy) is 2. The number of aldehydes is 1. The lowest BCUT2D eigenvalue weighted by Gasteiger charge is -2.47. The van der Waals surface area contributed by atoms with Crippen molar-refractivity contribution < 1.29 is 14.3 Å². The summed E-state index contributed by atoms with van der Waals surface area (Å²) >= 11 is 12.1. The Bertz CT molecular complexity index is 526. The molecule has 0 radical (unpaired) electrons. The molecule has 5 heteroatoms. The quantitative estimate of drug-likeness (QED) is 0.781. The summed E-state index contributed by atoms with van der Waals surface area (Å²) in [5.41, 5.74) is 0.403. The second-order valence-electron chi connectivity index (χ2n) is 5.54. The Morgan fingerprint density at radius 3 is 2.80 bits per heavy atom. The van der Waals surface area contributed by atoms with Gasteiger partial charge in [-0.15, -0.1) is 0 Å². The fraction of sp³-hybridized carbons (Fsp3) is 0.533. The van der Waals surface area contributed by atoms with Gasteiger partial charge >= 0.3 is 0 Å². The lowest BCUT2D eigenvalue weighted by atomic mass is 9.74. The van der Waals surface area contributed by atoms with Crippen LogP contribution in [-0.4, -0.2) is 24.6 Å². The molecular weight excluding hydrogens is 299 g/mol. The van der Waals surface area contributed by atoms with E-state index in [1.54, 1.807) is 12.1 Å². The summed E-state index contributed by atoms with van der Waals surface area (Å²) in [5, 5.41) is 0.820. The summed E-state index contributed by atoms with van der Waals surface area (Å²) in [6.45, 7) is 0.701. The predicted octanol–water partition coefficient (Wildman–Crippen LogP) is 4.29. The normalized spacial score (nSPS) is 24.2. The van der Waals surface area contributed by atoms with Gasteiger partial charge in [-0.05, 0) is 31.4 Å². The Morgan fingerprint density at radius 1 is 1.35 bits per heavy atom. The van der Waals surface area contributed by atoms with Crippen LogP contribution in [0.15, 0.2) is 12.1 Å². The molecule has 1 unspecified atom stereocenters. The van der Waals surface area contributed by atoms with Gasteiger partial charge in [0.05, 0.1) is 22.8 Å². The van der Waals surface area contributed by atoms with Gasteiger partial charge in [-0.3, -0.25) is 4.79 Å². The first kappa shape index (κ1) is 14.2. The number of carbonyl (C=O) groups excluding carboxylic acids is 1. The maximum absolute atomic E-state index is 11.1. The van der Waals surface area contributed by atoms with Gasteiger partial charge in [0.2, 0.25) is 0 Å². The second-order valence-corrected chi connectivity index (χ2v) is 6.39. The van der Waals surface area contributed by atoms with Crippen molar-refractivity contribution in [3.05, 3.63) is 27.7 Å². The third kappa shape index (κ3) is 2.67. The molecule has 1 saturated heterocycles. The topological polar surface area (TPSA) is 35.5 Å². The number of benzene rings is 1. The summed E-state index contributed by atoms with van der Waals surface area (Å²) in [4.78, 5) is 11.1. The van der Waals surface area contributed by atoms with E-state index in [1.807, 2.05) is 0 Å². The molecule has 1 aliphatic heterocycles. The number of carbonyl (C=O) groups is 1. The molecule has 1 atom stereocenters. The van der Waals surface area contributed by atoms with Crippen molar-refractivity contribution in [2.45, 2.75) is 43.8 Å². The van der Waals surface area contributed by atoms with Crippen molar-refractivity contribution >= 4 is 29.5 Å². The summed E-state index contributed by atoms with van der Waals surface area (Å²) < 4.78 is 11.9. The van der Waals surface area contributed by atoms with E-state index in [1.165, 1.54) is 6.42 Å². The molecule has 1 spiro atoms. The van der Waals surface area contributed by atoms with Gasteiger partial charge in [0, 0.05) is 17.9 Å². The molecule has 3 nitrogen and oxygen atoms in total. The largest absolute Gasteiger partial charge is 0.488 e. The van der Waals surface area contributed by atoms with E-state index in [4.69, 9.17) is 32.7 Å². The number of hydrogen-bond donors (Lipinski definition) is 0. The van der Waals surface area contributed by atoms with Crippen LogP contribution in [0.3, 0.4) is 0 Å². The van der Waals surface area contributed by atoms with Crippen LogP contribution in [0.2, 0.25) is 10.0 Å². The Hall–Kier alpha value is -0.770. The van der Waals surface area contributed by atoms with Gasteiger partial charge in [-0.1, -0.05) is 23.2 Å². The molecule has 2 aliphatic rings. The van der Waals surface area contributed by atoms with Gasteiger partial charge < -0.3 is 9.47 Å². The van der Waals surface area contributed by atoms with Crippen LogP contribution >= 0.6 is 23.2 Å². The first-order chi connectivity index (χ1) is 9.62. The zero-order valence-electron chi connectivity index (χ0n) is 11.0. The third-order valence-electron chi connectivity index (χ3n) is 4.16. The zero-order valence-corrected chi connectivity index (χ0v) is 12.5. The molecule has 0 amide bonds. The van der Waals surface area contributed by atoms with Gasteiger partial charge in [0.1, 0.15) is 11.9 Å². The van der Waals surface area contributed by atoms with Gasteiger partial charge in [-0.25, -0.2) is 0 Å². The highest BCUT2D eigenvalue weighted by Gasteiger charge is 2.43. The molecule has 1 aliphatic carbocycles. The monoisotopic (exact) mass is 314 g/mol. The van der Waals surface area contributed by atoms with E-state index in [9.17, 15) is 4.79 Å². The van der Waals surface area contributed by atoms with E-state index in [0.29, 0.717) is 28.0 Å². The Kier molecular flexibility index (Phi) is 3.93. The van der Waals surface area contributed by atoms with Crippen molar-refractivity contribution in [1.82, 2.24) is 0 Å². The summed E-state index contributed by atoms with van der Waals surface area (Å²) in [6.07, 6.45) is 5.87. The number of rotatable bonds is 3. The van der Waals surface area contributed by atoms with Crippen molar-refractivity contribution in [1.29, 1.82) is 0 Å². The van der Waals surface area contributed by atoms with Gasteiger partial charge in [0.25, 0.3) is 0 Å². The molecule has 0 N–H and O–H groups in total. The van der Waals surface area contributed by atoms with Gasteiger partial charge in [0.15, 0.2) is 6.29 Å². The molecule has 1 aromatic carbocycles. The molecule has 3 rings (SSSR count). The molecule has 1 aromatic rings. The molecular formula is C15H16Cl2O3. The van der Waals surface area contributed by atoms with E-state index < -0.39 is 0 Å². The smallest absolute Gasteiger partial charge is 0.153 e. The van der Waals surface area contributed by atoms with Crippen molar-refractivity contribution in [2.24, 2.45) is 0 Å². The van der Waals surface area contributed by atoms with E-state index >= 15 is 0 Å². The van der Waals surface area contributed by atoms with E-state index in [0.717, 1.165) is 32.0 Å². The highest BCUT2D eigenvalue weighted by molar-refractivity contribution is 6.36. The summed E-state index contributed by atoms with van der Waals surface area (Å²) in [7, 11) is 0. The van der Waals surface area contributed by atoms with Crippen LogP contribution in [0.5, 0.6) is 5.75 Å². The van der Waals surface area contributed by atoms with Crippen molar-refractivity contribution in [2.75, 3.05) is 6.61 Å². The lowest BCUT2D eigenvalue weighted by Crippen LogP contribution is -2.48. The SMILES string of the molecule is O=Cc1cc(Cl)cc(Cl)c1OC1CCOC2(CCC2)C1. The first-order valence-corrected chi connectivity index (χ1v) is 7.62. The van der Waals surface area contributed by atoms with Crippen LogP contribution in [0.1, 0.15) is 42.5 Å². The Labute approximate surface area is 128 Å². The average Bonchev–Trinajstić information content (AvgIpc) is 2.40. The minimum absolute atomic E-state index is 0.00314. The van der Waals surface area contributed by atoms with Crippen molar-refractivity contribution in [3.8, 4) is 5.75 Å². The minimum Gasteiger partial charge on any atom is -0.488 e. The first-order valence-electron chi connectivity index (χ1n) is 6.87. The molecule has 20 heavy (non-hydrogen) atoms.